The molecule has 7 nitrogen and oxygen atoms in total. The summed E-state index contributed by atoms with van der Waals surface area (Å²) >= 11 is 0. The van der Waals surface area contributed by atoms with Crippen molar-refractivity contribution in [3.05, 3.63) is 16.6 Å². The Morgan fingerprint density at radius 1 is 1.53 bits per heavy atom. The molecular weight excluding hydrogens is 200 g/mol. The quantitative estimate of drug-likeness (QED) is 0.496. The van der Waals surface area contributed by atoms with Gasteiger partial charge in [0, 0.05) is 18.8 Å². The Balaban J connectivity index is 2.83. The molecule has 0 aliphatic heterocycles. The molecule has 1 aromatic heterocycles. The van der Waals surface area contributed by atoms with Crippen molar-refractivity contribution < 1.29 is 9.53 Å². The molecule has 0 N–H and O–H groups in total. The van der Waals surface area contributed by atoms with Crippen LogP contribution in [0.15, 0.2) is 10.9 Å². The van der Waals surface area contributed by atoms with Gasteiger partial charge in [0.15, 0.2) is 0 Å². The number of esters is 1. The van der Waals surface area contributed by atoms with Gasteiger partial charge >= 0.3 is 11.7 Å². The average Bonchev–Trinajstić information content (AvgIpc) is 2.58. The van der Waals surface area contributed by atoms with E-state index in [4.69, 9.17) is 0 Å². The molecule has 0 bridgehead atoms. The summed E-state index contributed by atoms with van der Waals surface area (Å²) in [6.45, 7) is 2.43. The van der Waals surface area contributed by atoms with Crippen LogP contribution < -0.4 is 5.69 Å². The lowest BCUT2D eigenvalue weighted by Crippen LogP contribution is -2.22. The lowest BCUT2D eigenvalue weighted by Gasteiger charge is -1.91. The van der Waals surface area contributed by atoms with Crippen LogP contribution in [0.1, 0.15) is 13.3 Å². The van der Waals surface area contributed by atoms with Crippen molar-refractivity contribution in [2.45, 2.75) is 19.9 Å². The number of ether oxygens (including phenoxy) is 1. The molecule has 0 unspecified atom stereocenters. The normalized spacial score (nSPS) is 10.8. The molecule has 0 aliphatic carbocycles. The van der Waals surface area contributed by atoms with Gasteiger partial charge in [-0.1, -0.05) is 6.92 Å². The SMILES string of the molecule is CCCn1nnn(/C=C\C(=O)OC)c1=O. The molecule has 0 aromatic carbocycles. The average molecular weight is 212 g/mol. The summed E-state index contributed by atoms with van der Waals surface area (Å²) in [5.74, 6) is -0.549. The summed E-state index contributed by atoms with van der Waals surface area (Å²) < 4.78 is 6.57. The smallest absolute Gasteiger partial charge is 0.367 e. The highest BCUT2D eigenvalue weighted by atomic mass is 16.5. The Morgan fingerprint density at radius 3 is 2.87 bits per heavy atom. The van der Waals surface area contributed by atoms with E-state index in [0.29, 0.717) is 6.54 Å². The number of hydrogen-bond acceptors (Lipinski definition) is 5. The van der Waals surface area contributed by atoms with Gasteiger partial charge in [0.25, 0.3) is 0 Å². The van der Waals surface area contributed by atoms with Crippen molar-refractivity contribution in [3.63, 3.8) is 0 Å². The molecule has 0 atom stereocenters. The van der Waals surface area contributed by atoms with E-state index in [9.17, 15) is 9.59 Å². The van der Waals surface area contributed by atoms with E-state index in [0.717, 1.165) is 17.2 Å². The predicted molar refractivity (Wildman–Crippen MR) is 51.9 cm³/mol. The van der Waals surface area contributed by atoms with E-state index in [1.807, 2.05) is 6.92 Å². The second kappa shape index (κ2) is 5.08. The number of tetrazole rings is 1. The van der Waals surface area contributed by atoms with Gasteiger partial charge in [-0.15, -0.1) is 0 Å². The first-order chi connectivity index (χ1) is 7.19. The molecule has 1 aromatic rings. The van der Waals surface area contributed by atoms with Crippen LogP contribution >= 0.6 is 0 Å². The second-order valence-electron chi connectivity index (χ2n) is 2.77. The summed E-state index contributed by atoms with van der Waals surface area (Å²) in [7, 11) is 1.25. The summed E-state index contributed by atoms with van der Waals surface area (Å²) in [4.78, 5) is 22.2. The maximum Gasteiger partial charge on any atom is 0.367 e. The van der Waals surface area contributed by atoms with Gasteiger partial charge < -0.3 is 4.74 Å². The first kappa shape index (κ1) is 11.2. The maximum atomic E-state index is 11.5. The Bertz CT molecular complexity index is 418. The van der Waals surface area contributed by atoms with Crippen molar-refractivity contribution >= 4 is 12.2 Å². The van der Waals surface area contributed by atoms with Crippen LogP contribution in [0.2, 0.25) is 0 Å². The van der Waals surface area contributed by atoms with Gasteiger partial charge in [0.1, 0.15) is 0 Å². The third-order valence-corrected chi connectivity index (χ3v) is 1.65. The van der Waals surface area contributed by atoms with Gasteiger partial charge in [-0.2, -0.15) is 9.36 Å². The fourth-order valence-corrected chi connectivity index (χ4v) is 0.931. The molecular formula is C8H12N4O3. The number of methoxy groups -OCH3 is 1. The number of aromatic nitrogens is 4. The molecule has 0 fully saturated rings. The second-order valence-corrected chi connectivity index (χ2v) is 2.77. The van der Waals surface area contributed by atoms with E-state index in [-0.39, 0.29) is 5.69 Å². The number of hydrogen-bond donors (Lipinski definition) is 0. The van der Waals surface area contributed by atoms with E-state index in [1.54, 1.807) is 0 Å². The van der Waals surface area contributed by atoms with Crippen LogP contribution in [0.3, 0.4) is 0 Å². The molecule has 0 saturated carbocycles. The van der Waals surface area contributed by atoms with Crippen molar-refractivity contribution in [3.8, 4) is 0 Å². The van der Waals surface area contributed by atoms with Gasteiger partial charge in [-0.05, 0) is 16.8 Å². The zero-order valence-corrected chi connectivity index (χ0v) is 8.58. The Labute approximate surface area is 85.9 Å². The highest BCUT2D eigenvalue weighted by Gasteiger charge is 2.02. The molecule has 0 aliphatic rings. The summed E-state index contributed by atoms with van der Waals surface area (Å²) in [6, 6.07) is 0. The highest BCUT2D eigenvalue weighted by molar-refractivity contribution is 5.84. The molecule has 0 saturated heterocycles. The zero-order valence-electron chi connectivity index (χ0n) is 8.58. The Hall–Kier alpha value is -1.92. The third-order valence-electron chi connectivity index (χ3n) is 1.65. The van der Waals surface area contributed by atoms with Crippen LogP contribution in [0.4, 0.5) is 0 Å². The number of rotatable bonds is 4. The monoisotopic (exact) mass is 212 g/mol. The van der Waals surface area contributed by atoms with E-state index >= 15 is 0 Å². The minimum Gasteiger partial charge on any atom is -0.466 e. The van der Waals surface area contributed by atoms with E-state index in [1.165, 1.54) is 18.0 Å². The lowest BCUT2D eigenvalue weighted by atomic mass is 10.5. The predicted octanol–water partition coefficient (Wildman–Crippen LogP) is -0.507. The molecule has 1 heterocycles. The third kappa shape index (κ3) is 2.76. The fourth-order valence-electron chi connectivity index (χ4n) is 0.931. The number of carbonyl (C=O) groups excluding carboxylic acids is 1. The Morgan fingerprint density at radius 2 is 2.27 bits per heavy atom. The van der Waals surface area contributed by atoms with Gasteiger partial charge in [0.05, 0.1) is 7.11 Å². The summed E-state index contributed by atoms with van der Waals surface area (Å²) in [5.41, 5.74) is -0.378. The molecule has 1 rings (SSSR count). The van der Waals surface area contributed by atoms with Crippen LogP contribution in [-0.4, -0.2) is 32.9 Å². The van der Waals surface area contributed by atoms with Crippen LogP contribution in [-0.2, 0) is 16.1 Å². The standard InChI is InChI=1S/C8H12N4O3/c1-3-5-11-8(14)12(10-9-11)6-4-7(13)15-2/h4,6H,3,5H2,1-2H3/b6-4-. The summed E-state index contributed by atoms with van der Waals surface area (Å²) in [5, 5.41) is 7.19. The number of carbonyl (C=O) groups is 1. The molecule has 0 amide bonds. The van der Waals surface area contributed by atoms with Crippen LogP contribution in [0, 0.1) is 0 Å². The van der Waals surface area contributed by atoms with E-state index < -0.39 is 5.97 Å². The minimum atomic E-state index is -0.549. The van der Waals surface area contributed by atoms with Crippen molar-refractivity contribution in [2.75, 3.05) is 7.11 Å². The molecule has 0 spiro atoms. The molecule has 0 radical (unpaired) electrons. The van der Waals surface area contributed by atoms with Gasteiger partial charge in [-0.25, -0.2) is 9.59 Å². The largest absolute Gasteiger partial charge is 0.466 e. The lowest BCUT2D eigenvalue weighted by molar-refractivity contribution is -0.134. The molecule has 15 heavy (non-hydrogen) atoms. The topological polar surface area (TPSA) is 79.0 Å². The summed E-state index contributed by atoms with van der Waals surface area (Å²) in [6.07, 6.45) is 3.11. The minimum absolute atomic E-state index is 0.378. The maximum absolute atomic E-state index is 11.5. The van der Waals surface area contributed by atoms with E-state index in [2.05, 4.69) is 15.2 Å². The van der Waals surface area contributed by atoms with Crippen molar-refractivity contribution in [1.82, 2.24) is 19.8 Å². The van der Waals surface area contributed by atoms with Crippen molar-refractivity contribution in [2.24, 2.45) is 0 Å². The number of aryl methyl sites for hydroxylation is 1. The number of nitrogens with zero attached hydrogens (tertiary/aromatic N) is 4. The van der Waals surface area contributed by atoms with Gasteiger partial charge in [-0.3, -0.25) is 0 Å². The van der Waals surface area contributed by atoms with Crippen molar-refractivity contribution in [1.29, 1.82) is 0 Å². The zero-order chi connectivity index (χ0) is 11.3. The van der Waals surface area contributed by atoms with Gasteiger partial charge in [0.2, 0.25) is 0 Å². The molecule has 82 valence electrons. The fraction of sp³-hybridized carbons (Fsp3) is 0.500. The van der Waals surface area contributed by atoms with Crippen LogP contribution in [0.5, 0.6) is 0 Å². The first-order valence-electron chi connectivity index (χ1n) is 4.47. The van der Waals surface area contributed by atoms with Crippen LogP contribution in [0.25, 0.3) is 6.20 Å². The Kier molecular flexibility index (Phi) is 3.78. The highest BCUT2D eigenvalue weighted by Crippen LogP contribution is 1.83. The molecule has 7 heteroatoms. The first-order valence-corrected chi connectivity index (χ1v) is 4.47.